The Balaban J connectivity index is 1.62. The summed E-state index contributed by atoms with van der Waals surface area (Å²) in [5.41, 5.74) is 4.96. The maximum absolute atomic E-state index is 12.5. The van der Waals surface area contributed by atoms with Crippen molar-refractivity contribution in [3.63, 3.8) is 0 Å². The molecule has 1 N–H and O–H groups in total. The van der Waals surface area contributed by atoms with E-state index in [1.165, 1.54) is 35.1 Å². The van der Waals surface area contributed by atoms with E-state index in [4.69, 9.17) is 0 Å². The maximum Gasteiger partial charge on any atom is 0.272 e. The Kier molecular flexibility index (Phi) is 4.59. The molecule has 0 saturated carbocycles. The molecule has 4 aromatic rings. The summed E-state index contributed by atoms with van der Waals surface area (Å²) in [4.78, 5) is 28.0. The third-order valence-electron chi connectivity index (χ3n) is 4.62. The standard InChI is InChI=1S/C20H17N5O3S/c1-11-4-6-15(12(2)8-11)17-10-29-20-22-19(23-24(17)20)21-18(26)14-5-7-16(25(27)28)13(3)9-14/h4-10H,1-3H3,(H,21,23,26). The molecule has 0 aliphatic heterocycles. The number of aryl methyl sites for hydroxylation is 3. The number of rotatable bonds is 4. The molecule has 1 amide bonds. The summed E-state index contributed by atoms with van der Waals surface area (Å²) in [5, 5.41) is 20.0. The Morgan fingerprint density at radius 1 is 1.14 bits per heavy atom. The van der Waals surface area contributed by atoms with Gasteiger partial charge in [0.25, 0.3) is 17.5 Å². The molecular weight excluding hydrogens is 390 g/mol. The first-order chi connectivity index (χ1) is 13.8. The molecule has 146 valence electrons. The molecule has 0 spiro atoms. The van der Waals surface area contributed by atoms with E-state index in [2.05, 4.69) is 21.5 Å². The normalized spacial score (nSPS) is 11.0. The molecule has 8 nitrogen and oxygen atoms in total. The van der Waals surface area contributed by atoms with E-state index in [1.54, 1.807) is 11.4 Å². The molecule has 2 aromatic carbocycles. The zero-order valence-corrected chi connectivity index (χ0v) is 16.8. The first kappa shape index (κ1) is 18.8. The Labute approximate surface area is 170 Å². The number of fused-ring (bicyclic) bond motifs is 1. The number of thiazole rings is 1. The van der Waals surface area contributed by atoms with Crippen LogP contribution in [0.15, 0.2) is 41.8 Å². The summed E-state index contributed by atoms with van der Waals surface area (Å²) in [6.45, 7) is 5.68. The van der Waals surface area contributed by atoms with Crippen molar-refractivity contribution in [3.8, 4) is 11.3 Å². The van der Waals surface area contributed by atoms with Crippen molar-refractivity contribution in [2.45, 2.75) is 20.8 Å². The van der Waals surface area contributed by atoms with Gasteiger partial charge in [-0.15, -0.1) is 16.4 Å². The van der Waals surface area contributed by atoms with E-state index in [9.17, 15) is 14.9 Å². The highest BCUT2D eigenvalue weighted by molar-refractivity contribution is 7.15. The van der Waals surface area contributed by atoms with Gasteiger partial charge in [0.05, 0.1) is 10.6 Å². The average Bonchev–Trinajstić information content (AvgIpc) is 3.22. The van der Waals surface area contributed by atoms with Crippen LogP contribution in [-0.2, 0) is 0 Å². The first-order valence-corrected chi connectivity index (χ1v) is 9.70. The SMILES string of the molecule is Cc1ccc(-c2csc3nc(NC(=O)c4ccc([N+](=O)[O-])c(C)c4)nn23)c(C)c1. The molecule has 0 atom stereocenters. The van der Waals surface area contributed by atoms with Crippen molar-refractivity contribution in [2.75, 3.05) is 5.32 Å². The Bertz CT molecular complexity index is 1270. The topological polar surface area (TPSA) is 102 Å². The lowest BCUT2D eigenvalue weighted by Gasteiger charge is -2.05. The van der Waals surface area contributed by atoms with Crippen LogP contribution in [0, 0.1) is 30.9 Å². The summed E-state index contributed by atoms with van der Waals surface area (Å²) in [6, 6.07) is 10.4. The van der Waals surface area contributed by atoms with E-state index < -0.39 is 10.8 Å². The summed E-state index contributed by atoms with van der Waals surface area (Å²) >= 11 is 1.44. The van der Waals surface area contributed by atoms with Gasteiger partial charge in [-0.2, -0.15) is 4.98 Å². The molecule has 9 heteroatoms. The number of nitrogens with one attached hydrogen (secondary N) is 1. The van der Waals surface area contributed by atoms with Crippen LogP contribution in [0.3, 0.4) is 0 Å². The molecule has 0 aliphatic rings. The third kappa shape index (κ3) is 3.47. The van der Waals surface area contributed by atoms with Gasteiger partial charge in [-0.3, -0.25) is 20.2 Å². The van der Waals surface area contributed by atoms with Crippen molar-refractivity contribution in [3.05, 3.63) is 74.1 Å². The molecule has 0 bridgehead atoms. The van der Waals surface area contributed by atoms with Gasteiger partial charge in [0.2, 0.25) is 4.96 Å². The summed E-state index contributed by atoms with van der Waals surface area (Å²) in [7, 11) is 0. The number of benzene rings is 2. The second kappa shape index (κ2) is 7.10. The minimum Gasteiger partial charge on any atom is -0.289 e. The lowest BCUT2D eigenvalue weighted by Crippen LogP contribution is -2.13. The number of carbonyl (C=O) groups is 1. The molecular formula is C20H17N5O3S. The monoisotopic (exact) mass is 407 g/mol. The quantitative estimate of drug-likeness (QED) is 0.395. The third-order valence-corrected chi connectivity index (χ3v) is 5.44. The predicted molar refractivity (Wildman–Crippen MR) is 112 cm³/mol. The summed E-state index contributed by atoms with van der Waals surface area (Å²) in [6.07, 6.45) is 0. The van der Waals surface area contributed by atoms with Crippen LogP contribution in [0.4, 0.5) is 11.6 Å². The highest BCUT2D eigenvalue weighted by atomic mass is 32.1. The lowest BCUT2D eigenvalue weighted by molar-refractivity contribution is -0.385. The number of carbonyl (C=O) groups excluding carboxylic acids is 1. The maximum atomic E-state index is 12.5. The van der Waals surface area contributed by atoms with Crippen molar-refractivity contribution < 1.29 is 9.72 Å². The number of nitro benzene ring substituents is 1. The van der Waals surface area contributed by atoms with Crippen LogP contribution >= 0.6 is 11.3 Å². The molecule has 0 saturated heterocycles. The average molecular weight is 407 g/mol. The van der Waals surface area contributed by atoms with Crippen LogP contribution in [0.1, 0.15) is 27.0 Å². The number of hydrogen-bond acceptors (Lipinski definition) is 6. The van der Waals surface area contributed by atoms with Crippen molar-refractivity contribution in [1.29, 1.82) is 0 Å². The Morgan fingerprint density at radius 3 is 2.62 bits per heavy atom. The zero-order valence-electron chi connectivity index (χ0n) is 16.0. The predicted octanol–water partition coefficient (Wildman–Crippen LogP) is 4.54. The lowest BCUT2D eigenvalue weighted by atomic mass is 10.0. The van der Waals surface area contributed by atoms with E-state index in [1.807, 2.05) is 31.4 Å². The van der Waals surface area contributed by atoms with E-state index in [0.29, 0.717) is 16.1 Å². The summed E-state index contributed by atoms with van der Waals surface area (Å²) < 4.78 is 1.71. The molecule has 2 aromatic heterocycles. The van der Waals surface area contributed by atoms with Gasteiger partial charge in [0.15, 0.2) is 0 Å². The molecule has 0 fully saturated rings. The number of nitrogens with zero attached hydrogens (tertiary/aromatic N) is 4. The van der Waals surface area contributed by atoms with Crippen LogP contribution in [0.25, 0.3) is 16.2 Å². The number of anilines is 1. The zero-order chi connectivity index (χ0) is 20.7. The van der Waals surface area contributed by atoms with Gasteiger partial charge in [0.1, 0.15) is 0 Å². The van der Waals surface area contributed by atoms with Crippen molar-refractivity contribution in [1.82, 2.24) is 14.6 Å². The highest BCUT2D eigenvalue weighted by Crippen LogP contribution is 2.29. The number of aromatic nitrogens is 3. The van der Waals surface area contributed by atoms with Gasteiger partial charge in [0, 0.05) is 28.1 Å². The number of nitro groups is 1. The van der Waals surface area contributed by atoms with Crippen molar-refractivity contribution in [2.24, 2.45) is 0 Å². The smallest absolute Gasteiger partial charge is 0.272 e. The largest absolute Gasteiger partial charge is 0.289 e. The fourth-order valence-electron chi connectivity index (χ4n) is 3.20. The molecule has 0 aliphatic carbocycles. The van der Waals surface area contributed by atoms with Crippen LogP contribution < -0.4 is 5.32 Å². The van der Waals surface area contributed by atoms with E-state index in [-0.39, 0.29) is 11.6 Å². The van der Waals surface area contributed by atoms with Crippen LogP contribution in [0.5, 0.6) is 0 Å². The van der Waals surface area contributed by atoms with E-state index in [0.717, 1.165) is 16.8 Å². The minimum atomic E-state index is -0.476. The molecule has 29 heavy (non-hydrogen) atoms. The number of hydrogen-bond donors (Lipinski definition) is 1. The highest BCUT2D eigenvalue weighted by Gasteiger charge is 2.17. The van der Waals surface area contributed by atoms with Gasteiger partial charge in [-0.1, -0.05) is 23.8 Å². The van der Waals surface area contributed by atoms with Gasteiger partial charge in [-0.25, -0.2) is 4.52 Å². The van der Waals surface area contributed by atoms with Crippen LogP contribution in [0.2, 0.25) is 0 Å². The van der Waals surface area contributed by atoms with E-state index >= 15 is 0 Å². The van der Waals surface area contributed by atoms with Gasteiger partial charge in [-0.05, 0) is 38.5 Å². The van der Waals surface area contributed by atoms with Gasteiger partial charge < -0.3 is 0 Å². The Morgan fingerprint density at radius 2 is 1.93 bits per heavy atom. The summed E-state index contributed by atoms with van der Waals surface area (Å²) in [5.74, 6) is -0.238. The fourth-order valence-corrected chi connectivity index (χ4v) is 4.02. The fraction of sp³-hybridized carbons (Fsp3) is 0.150. The molecule has 4 rings (SSSR count). The Hall–Kier alpha value is -3.59. The molecule has 0 radical (unpaired) electrons. The van der Waals surface area contributed by atoms with Crippen molar-refractivity contribution >= 4 is 33.8 Å². The second-order valence-corrected chi connectivity index (χ2v) is 7.62. The van der Waals surface area contributed by atoms with Crippen LogP contribution in [-0.4, -0.2) is 25.4 Å². The van der Waals surface area contributed by atoms with Gasteiger partial charge >= 0.3 is 0 Å². The minimum absolute atomic E-state index is 0.0275. The molecule has 2 heterocycles. The first-order valence-electron chi connectivity index (χ1n) is 8.82. The second-order valence-electron chi connectivity index (χ2n) is 6.78. The molecule has 0 unspecified atom stereocenters. The number of amides is 1.